The van der Waals surface area contributed by atoms with Crippen molar-refractivity contribution in [1.29, 1.82) is 0 Å². The van der Waals surface area contributed by atoms with Gasteiger partial charge in [0.15, 0.2) is 0 Å². The number of cyclic esters (lactones) is 1. The Labute approximate surface area is 144 Å². The molecule has 24 heavy (non-hydrogen) atoms. The molecule has 0 saturated heterocycles. The van der Waals surface area contributed by atoms with E-state index in [1.54, 1.807) is 6.08 Å². The lowest BCUT2D eigenvalue weighted by molar-refractivity contribution is -0.156. The first kappa shape index (κ1) is 17.2. The quantitative estimate of drug-likeness (QED) is 0.621. The zero-order chi connectivity index (χ0) is 17.5. The largest absolute Gasteiger partial charge is 0.481 e. The fourth-order valence-corrected chi connectivity index (χ4v) is 5.48. The number of hydrogen-bond acceptors (Lipinski definition) is 3. The van der Waals surface area contributed by atoms with Crippen molar-refractivity contribution in [2.45, 2.75) is 59.3 Å². The van der Waals surface area contributed by atoms with Crippen molar-refractivity contribution < 1.29 is 19.4 Å². The average molecular weight is 332 g/mol. The first-order valence-electron chi connectivity index (χ1n) is 9.03. The monoisotopic (exact) mass is 332 g/mol. The van der Waals surface area contributed by atoms with Crippen LogP contribution in [0.5, 0.6) is 0 Å². The van der Waals surface area contributed by atoms with Crippen molar-refractivity contribution in [3.63, 3.8) is 0 Å². The van der Waals surface area contributed by atoms with Gasteiger partial charge in [-0.25, -0.2) is 4.79 Å². The summed E-state index contributed by atoms with van der Waals surface area (Å²) in [6.45, 7) is 7.07. The van der Waals surface area contributed by atoms with Gasteiger partial charge in [-0.15, -0.1) is 0 Å². The minimum absolute atomic E-state index is 0.106. The van der Waals surface area contributed by atoms with Crippen LogP contribution in [0.3, 0.4) is 0 Å². The van der Waals surface area contributed by atoms with Crippen molar-refractivity contribution in [2.24, 2.45) is 22.7 Å². The Morgan fingerprint density at radius 3 is 2.75 bits per heavy atom. The van der Waals surface area contributed by atoms with Gasteiger partial charge < -0.3 is 9.84 Å². The third kappa shape index (κ3) is 2.70. The molecule has 0 amide bonds. The molecule has 132 valence electrons. The minimum atomic E-state index is -0.667. The summed E-state index contributed by atoms with van der Waals surface area (Å²) in [7, 11) is 0. The van der Waals surface area contributed by atoms with E-state index in [4.69, 9.17) is 4.74 Å². The molecule has 3 rings (SSSR count). The van der Waals surface area contributed by atoms with Gasteiger partial charge in [0.1, 0.15) is 6.61 Å². The summed E-state index contributed by atoms with van der Waals surface area (Å²) in [5, 5.41) is 9.84. The van der Waals surface area contributed by atoms with Crippen molar-refractivity contribution in [3.05, 3.63) is 23.3 Å². The van der Waals surface area contributed by atoms with Crippen LogP contribution in [0.2, 0.25) is 0 Å². The first-order chi connectivity index (χ1) is 11.3. The van der Waals surface area contributed by atoms with Crippen LogP contribution in [0.1, 0.15) is 59.3 Å². The summed E-state index contributed by atoms with van der Waals surface area (Å²) in [5.74, 6) is -0.863. The SMILES string of the molecule is CC1=CCC[C@@H]2[C@@](C)(CCC3=CC(=O)OC3)[C@H](C(=O)O)CC[C@@]12C. The number of aliphatic carboxylic acids is 1. The first-order valence-corrected chi connectivity index (χ1v) is 9.03. The van der Waals surface area contributed by atoms with Crippen LogP contribution in [-0.2, 0) is 14.3 Å². The van der Waals surface area contributed by atoms with Crippen molar-refractivity contribution in [3.8, 4) is 0 Å². The van der Waals surface area contributed by atoms with Crippen molar-refractivity contribution >= 4 is 11.9 Å². The Bertz CT molecular complexity index is 617. The molecule has 0 aromatic rings. The number of ether oxygens (including phenoxy) is 1. The smallest absolute Gasteiger partial charge is 0.331 e. The van der Waals surface area contributed by atoms with E-state index >= 15 is 0 Å². The Morgan fingerprint density at radius 1 is 1.38 bits per heavy atom. The van der Waals surface area contributed by atoms with Gasteiger partial charge in [-0.1, -0.05) is 25.5 Å². The molecule has 2 aliphatic carbocycles. The molecule has 1 N–H and O–H groups in total. The number of esters is 1. The number of allylic oxidation sites excluding steroid dienone is 2. The highest BCUT2D eigenvalue weighted by molar-refractivity contribution is 5.85. The number of carbonyl (C=O) groups excluding carboxylic acids is 1. The van der Waals surface area contributed by atoms with Crippen LogP contribution in [0.25, 0.3) is 0 Å². The van der Waals surface area contributed by atoms with Gasteiger partial charge in [0.2, 0.25) is 0 Å². The molecule has 1 aliphatic heterocycles. The second-order valence-corrected chi connectivity index (χ2v) is 8.28. The van der Waals surface area contributed by atoms with Crippen molar-refractivity contribution in [2.75, 3.05) is 6.61 Å². The zero-order valence-electron chi connectivity index (χ0n) is 14.9. The molecule has 1 saturated carbocycles. The van der Waals surface area contributed by atoms with E-state index in [0.717, 1.165) is 44.1 Å². The number of hydrogen-bond donors (Lipinski definition) is 1. The highest BCUT2D eigenvalue weighted by Gasteiger charge is 2.56. The van der Waals surface area contributed by atoms with Gasteiger partial charge in [0, 0.05) is 6.08 Å². The number of rotatable bonds is 4. The van der Waals surface area contributed by atoms with Crippen LogP contribution in [0.15, 0.2) is 23.3 Å². The summed E-state index contributed by atoms with van der Waals surface area (Å²) in [6, 6.07) is 0. The van der Waals surface area contributed by atoms with Gasteiger partial charge in [-0.3, -0.25) is 4.79 Å². The van der Waals surface area contributed by atoms with E-state index in [1.807, 2.05) is 0 Å². The second-order valence-electron chi connectivity index (χ2n) is 8.28. The molecule has 4 heteroatoms. The van der Waals surface area contributed by atoms with E-state index in [9.17, 15) is 14.7 Å². The molecule has 3 aliphatic rings. The average Bonchev–Trinajstić information content (AvgIpc) is 2.93. The summed E-state index contributed by atoms with van der Waals surface area (Å²) >= 11 is 0. The van der Waals surface area contributed by atoms with Crippen LogP contribution < -0.4 is 0 Å². The second kappa shape index (κ2) is 6.05. The molecule has 1 fully saturated rings. The maximum atomic E-state index is 12.0. The molecule has 0 radical (unpaired) electrons. The van der Waals surface area contributed by atoms with Crippen molar-refractivity contribution in [1.82, 2.24) is 0 Å². The molecule has 4 atom stereocenters. The third-order valence-electron chi connectivity index (χ3n) is 7.12. The maximum Gasteiger partial charge on any atom is 0.331 e. The minimum Gasteiger partial charge on any atom is -0.481 e. The Balaban J connectivity index is 1.89. The predicted octanol–water partition coefficient (Wildman–Crippen LogP) is 4.11. The van der Waals surface area contributed by atoms with Gasteiger partial charge in [-0.2, -0.15) is 0 Å². The Hall–Kier alpha value is -1.58. The van der Waals surface area contributed by atoms with E-state index in [2.05, 4.69) is 26.8 Å². The highest BCUT2D eigenvalue weighted by Crippen LogP contribution is 2.62. The lowest BCUT2D eigenvalue weighted by Crippen LogP contribution is -2.52. The molecular weight excluding hydrogens is 304 g/mol. The molecular formula is C20H28O4. The maximum absolute atomic E-state index is 12.0. The summed E-state index contributed by atoms with van der Waals surface area (Å²) < 4.78 is 5.00. The van der Waals surface area contributed by atoms with E-state index < -0.39 is 5.97 Å². The fraction of sp³-hybridized carbons (Fsp3) is 0.700. The van der Waals surface area contributed by atoms with Crippen LogP contribution >= 0.6 is 0 Å². The Kier molecular flexibility index (Phi) is 4.35. The van der Waals surface area contributed by atoms with Gasteiger partial charge in [-0.05, 0) is 67.8 Å². The molecule has 0 unspecified atom stereocenters. The Morgan fingerprint density at radius 2 is 2.12 bits per heavy atom. The summed E-state index contributed by atoms with van der Waals surface area (Å²) in [5.41, 5.74) is 2.28. The number of carboxylic acids is 1. The molecule has 0 spiro atoms. The molecule has 0 aromatic heterocycles. The molecule has 1 heterocycles. The standard InChI is InChI=1S/C20H28O4/c1-13-5-4-6-16-19(13,2)10-8-15(18(22)23)20(16,3)9-7-14-11-17(21)24-12-14/h5,11,15-16H,4,6-10,12H2,1-3H3,(H,22,23)/t15-,16-,19-,20-/m0/s1. The van der Waals surface area contributed by atoms with Gasteiger partial charge in [0.05, 0.1) is 5.92 Å². The van der Waals surface area contributed by atoms with Crippen LogP contribution in [-0.4, -0.2) is 23.7 Å². The van der Waals surface area contributed by atoms with Crippen LogP contribution in [0.4, 0.5) is 0 Å². The van der Waals surface area contributed by atoms with Gasteiger partial charge >= 0.3 is 11.9 Å². The zero-order valence-corrected chi connectivity index (χ0v) is 14.9. The number of fused-ring (bicyclic) bond motifs is 1. The van der Waals surface area contributed by atoms with E-state index in [1.165, 1.54) is 5.57 Å². The highest BCUT2D eigenvalue weighted by atomic mass is 16.5. The normalized spacial score (nSPS) is 38.9. The van der Waals surface area contributed by atoms with Crippen LogP contribution in [0, 0.1) is 22.7 Å². The van der Waals surface area contributed by atoms with Gasteiger partial charge in [0.25, 0.3) is 0 Å². The lowest BCUT2D eigenvalue weighted by Gasteiger charge is -2.57. The molecule has 4 nitrogen and oxygen atoms in total. The third-order valence-corrected chi connectivity index (χ3v) is 7.12. The topological polar surface area (TPSA) is 63.6 Å². The molecule has 0 bridgehead atoms. The van der Waals surface area contributed by atoms with E-state index in [-0.39, 0.29) is 22.7 Å². The van der Waals surface area contributed by atoms with E-state index in [0.29, 0.717) is 12.5 Å². The number of carbonyl (C=O) groups is 2. The summed E-state index contributed by atoms with van der Waals surface area (Å²) in [6.07, 6.45) is 9.26. The lowest BCUT2D eigenvalue weighted by atomic mass is 9.46. The number of carboxylic acid groups (broad SMARTS) is 1. The fourth-order valence-electron chi connectivity index (χ4n) is 5.48. The summed E-state index contributed by atoms with van der Waals surface area (Å²) in [4.78, 5) is 23.2. The predicted molar refractivity (Wildman–Crippen MR) is 91.3 cm³/mol. The molecule has 0 aromatic carbocycles.